The van der Waals surface area contributed by atoms with Crippen LogP contribution in [0.2, 0.25) is 0 Å². The van der Waals surface area contributed by atoms with Crippen LogP contribution in [-0.4, -0.2) is 39.7 Å². The number of rotatable bonds is 5. The van der Waals surface area contributed by atoms with E-state index in [1.807, 2.05) is 42.0 Å². The Bertz CT molecular complexity index is 702. The Balaban J connectivity index is 1.62. The van der Waals surface area contributed by atoms with Crippen molar-refractivity contribution in [1.29, 1.82) is 0 Å². The van der Waals surface area contributed by atoms with Crippen LogP contribution in [0.5, 0.6) is 0 Å². The number of para-hydroxylation sites is 1. The predicted molar refractivity (Wildman–Crippen MR) is 89.4 cm³/mol. The topological polar surface area (TPSA) is 67.2 Å². The van der Waals surface area contributed by atoms with Crippen LogP contribution in [0.3, 0.4) is 0 Å². The van der Waals surface area contributed by atoms with Crippen molar-refractivity contribution >= 4 is 29.3 Å². The molecule has 0 unspecified atom stereocenters. The molecule has 0 aliphatic carbocycles. The van der Waals surface area contributed by atoms with Gasteiger partial charge in [0.25, 0.3) is 0 Å². The van der Waals surface area contributed by atoms with Crippen molar-refractivity contribution in [2.24, 2.45) is 0 Å². The van der Waals surface area contributed by atoms with E-state index in [0.717, 1.165) is 10.6 Å². The Morgan fingerprint density at radius 3 is 3.04 bits per heavy atom. The molecule has 6 nitrogen and oxygen atoms in total. The maximum Gasteiger partial charge on any atom is 0.240 e. The van der Waals surface area contributed by atoms with E-state index in [0.29, 0.717) is 12.3 Å². The van der Waals surface area contributed by atoms with Crippen molar-refractivity contribution < 1.29 is 9.59 Å². The Morgan fingerprint density at radius 2 is 2.26 bits per heavy atom. The third kappa shape index (κ3) is 3.73. The molecular weight excluding hydrogens is 312 g/mol. The van der Waals surface area contributed by atoms with Gasteiger partial charge in [-0.25, -0.2) is 4.98 Å². The van der Waals surface area contributed by atoms with Crippen molar-refractivity contribution in [2.75, 3.05) is 17.2 Å². The average molecular weight is 330 g/mol. The normalized spacial score (nSPS) is 15.2. The Hall–Kier alpha value is -2.28. The number of carbonyl (C=O) groups excluding carboxylic acids is 2. The average Bonchev–Trinajstić information content (AvgIpc) is 3.03. The van der Waals surface area contributed by atoms with Crippen LogP contribution in [0.1, 0.15) is 6.92 Å². The molecule has 1 aromatic heterocycles. The van der Waals surface area contributed by atoms with E-state index < -0.39 is 0 Å². The van der Waals surface area contributed by atoms with Crippen LogP contribution in [-0.2, 0) is 16.1 Å². The second kappa shape index (κ2) is 6.87. The SMILES string of the molecule is C[C@@H](Cn1ccnc1)NC(=O)CN1C(=O)CSc2ccccc21. The van der Waals surface area contributed by atoms with E-state index in [1.54, 1.807) is 17.4 Å². The minimum absolute atomic E-state index is 0.0360. The Labute approximate surface area is 138 Å². The first kappa shape index (κ1) is 15.6. The van der Waals surface area contributed by atoms with Gasteiger partial charge in [0.2, 0.25) is 11.8 Å². The summed E-state index contributed by atoms with van der Waals surface area (Å²) >= 11 is 1.51. The number of hydrogen-bond donors (Lipinski definition) is 1. The lowest BCUT2D eigenvalue weighted by Gasteiger charge is -2.28. The van der Waals surface area contributed by atoms with Gasteiger partial charge in [-0.2, -0.15) is 0 Å². The van der Waals surface area contributed by atoms with E-state index >= 15 is 0 Å². The molecule has 0 radical (unpaired) electrons. The zero-order valence-electron chi connectivity index (χ0n) is 12.8. The highest BCUT2D eigenvalue weighted by atomic mass is 32.2. The summed E-state index contributed by atoms with van der Waals surface area (Å²) in [5.74, 6) is 0.174. The molecule has 2 amide bonds. The molecule has 0 spiro atoms. The Morgan fingerprint density at radius 1 is 1.43 bits per heavy atom. The molecule has 0 fully saturated rings. The molecule has 120 valence electrons. The van der Waals surface area contributed by atoms with E-state index in [9.17, 15) is 9.59 Å². The first-order valence-corrected chi connectivity index (χ1v) is 8.39. The standard InChI is InChI=1S/C16H18N4O2S/c1-12(8-19-7-6-17-11-19)18-15(21)9-20-13-4-2-3-5-14(13)23-10-16(20)22/h2-7,11-12H,8-10H2,1H3,(H,18,21)/t12-/m0/s1. The molecule has 1 N–H and O–H groups in total. The van der Waals surface area contributed by atoms with Gasteiger partial charge in [-0.15, -0.1) is 11.8 Å². The number of imidazole rings is 1. The van der Waals surface area contributed by atoms with Crippen LogP contribution in [0, 0.1) is 0 Å². The van der Waals surface area contributed by atoms with Gasteiger partial charge in [-0.05, 0) is 19.1 Å². The van der Waals surface area contributed by atoms with Gasteiger partial charge in [0, 0.05) is 29.9 Å². The number of nitrogens with one attached hydrogen (secondary N) is 1. The lowest BCUT2D eigenvalue weighted by Crippen LogP contribution is -2.46. The quantitative estimate of drug-likeness (QED) is 0.903. The number of thioether (sulfide) groups is 1. The third-order valence-electron chi connectivity index (χ3n) is 3.56. The first-order valence-electron chi connectivity index (χ1n) is 7.41. The van der Waals surface area contributed by atoms with Gasteiger partial charge in [0.05, 0.1) is 17.8 Å². The number of nitrogens with zero attached hydrogens (tertiary/aromatic N) is 3. The van der Waals surface area contributed by atoms with Gasteiger partial charge >= 0.3 is 0 Å². The summed E-state index contributed by atoms with van der Waals surface area (Å²) in [6, 6.07) is 7.62. The molecule has 0 saturated heterocycles. The minimum Gasteiger partial charge on any atom is -0.350 e. The highest BCUT2D eigenvalue weighted by Crippen LogP contribution is 2.34. The number of anilines is 1. The molecule has 7 heteroatoms. The van der Waals surface area contributed by atoms with Gasteiger partial charge < -0.3 is 14.8 Å². The van der Waals surface area contributed by atoms with Crippen LogP contribution in [0.4, 0.5) is 5.69 Å². The summed E-state index contributed by atoms with van der Waals surface area (Å²) < 4.78 is 1.91. The van der Waals surface area contributed by atoms with Crippen LogP contribution >= 0.6 is 11.8 Å². The fourth-order valence-corrected chi connectivity index (χ4v) is 3.48. The van der Waals surface area contributed by atoms with Gasteiger partial charge in [-0.3, -0.25) is 9.59 Å². The lowest BCUT2D eigenvalue weighted by atomic mass is 10.2. The van der Waals surface area contributed by atoms with Gasteiger partial charge in [-0.1, -0.05) is 12.1 Å². The highest BCUT2D eigenvalue weighted by Gasteiger charge is 2.26. The molecule has 23 heavy (non-hydrogen) atoms. The van der Waals surface area contributed by atoms with Crippen LogP contribution in [0.25, 0.3) is 0 Å². The third-order valence-corrected chi connectivity index (χ3v) is 4.61. The van der Waals surface area contributed by atoms with Crippen molar-refractivity contribution in [2.45, 2.75) is 24.4 Å². The Kier molecular flexibility index (Phi) is 4.66. The lowest BCUT2D eigenvalue weighted by molar-refractivity contribution is -0.123. The zero-order valence-corrected chi connectivity index (χ0v) is 13.6. The van der Waals surface area contributed by atoms with Crippen molar-refractivity contribution in [3.8, 4) is 0 Å². The fraction of sp³-hybridized carbons (Fsp3) is 0.312. The number of benzene rings is 1. The summed E-state index contributed by atoms with van der Waals surface area (Å²) in [5.41, 5.74) is 0.811. The number of amides is 2. The molecule has 1 atom stereocenters. The largest absolute Gasteiger partial charge is 0.350 e. The van der Waals surface area contributed by atoms with E-state index in [1.165, 1.54) is 11.8 Å². The van der Waals surface area contributed by atoms with Crippen molar-refractivity contribution in [3.05, 3.63) is 43.0 Å². The fourth-order valence-electron chi connectivity index (χ4n) is 2.55. The van der Waals surface area contributed by atoms with E-state index in [4.69, 9.17) is 0 Å². The summed E-state index contributed by atoms with van der Waals surface area (Å²) in [7, 11) is 0. The number of carbonyl (C=O) groups is 2. The zero-order chi connectivity index (χ0) is 16.2. The minimum atomic E-state index is -0.160. The maximum atomic E-state index is 12.3. The second-order valence-electron chi connectivity index (χ2n) is 5.46. The highest BCUT2D eigenvalue weighted by molar-refractivity contribution is 8.00. The van der Waals surface area contributed by atoms with Gasteiger partial charge in [0.1, 0.15) is 6.54 Å². The molecule has 2 heterocycles. The smallest absolute Gasteiger partial charge is 0.240 e. The molecular formula is C16H18N4O2S. The molecule has 0 saturated carbocycles. The molecule has 2 aromatic rings. The summed E-state index contributed by atoms with van der Waals surface area (Å²) in [5, 5.41) is 2.93. The summed E-state index contributed by atoms with van der Waals surface area (Å²) in [6.45, 7) is 2.62. The van der Waals surface area contributed by atoms with Crippen molar-refractivity contribution in [1.82, 2.24) is 14.9 Å². The molecule has 1 aliphatic rings. The maximum absolute atomic E-state index is 12.3. The van der Waals surface area contributed by atoms with Crippen LogP contribution in [0.15, 0.2) is 47.9 Å². The number of fused-ring (bicyclic) bond motifs is 1. The number of aromatic nitrogens is 2. The molecule has 1 aromatic carbocycles. The van der Waals surface area contributed by atoms with E-state index in [2.05, 4.69) is 10.3 Å². The summed E-state index contributed by atoms with van der Waals surface area (Å²) in [6.07, 6.45) is 5.27. The summed E-state index contributed by atoms with van der Waals surface area (Å²) in [4.78, 5) is 31.0. The van der Waals surface area contributed by atoms with Crippen molar-refractivity contribution in [3.63, 3.8) is 0 Å². The molecule has 0 bridgehead atoms. The monoisotopic (exact) mass is 330 g/mol. The first-order chi connectivity index (χ1) is 11.1. The van der Waals surface area contributed by atoms with Gasteiger partial charge in [0.15, 0.2) is 0 Å². The van der Waals surface area contributed by atoms with E-state index in [-0.39, 0.29) is 24.4 Å². The molecule has 3 rings (SSSR count). The number of hydrogen-bond acceptors (Lipinski definition) is 4. The second-order valence-corrected chi connectivity index (χ2v) is 6.48. The molecule has 1 aliphatic heterocycles. The predicted octanol–water partition coefficient (Wildman–Crippen LogP) is 1.53. The van der Waals surface area contributed by atoms with Crippen LogP contribution < -0.4 is 10.2 Å².